The maximum atomic E-state index is 6.36. The molecule has 0 unspecified atom stereocenters. The molecule has 6 nitrogen and oxygen atoms in total. The molecule has 0 bridgehead atoms. The van der Waals surface area contributed by atoms with E-state index in [1.54, 1.807) is 26.4 Å². The van der Waals surface area contributed by atoms with Gasteiger partial charge in [-0.3, -0.25) is 0 Å². The van der Waals surface area contributed by atoms with E-state index >= 15 is 0 Å². The van der Waals surface area contributed by atoms with Crippen LogP contribution in [0.2, 0.25) is 10.0 Å². The second-order valence-electron chi connectivity index (χ2n) is 7.88. The van der Waals surface area contributed by atoms with Gasteiger partial charge in [-0.1, -0.05) is 47.5 Å². The normalized spacial score (nSPS) is 17.6. The summed E-state index contributed by atoms with van der Waals surface area (Å²) in [7, 11) is 3.28. The van der Waals surface area contributed by atoms with Crippen molar-refractivity contribution in [3.63, 3.8) is 0 Å². The zero-order valence-electron chi connectivity index (χ0n) is 20.1. The first-order valence-electron chi connectivity index (χ1n) is 10.7. The Hall–Kier alpha value is -0.994. The van der Waals surface area contributed by atoms with Crippen LogP contribution in [0.3, 0.4) is 0 Å². The van der Waals surface area contributed by atoms with Gasteiger partial charge in [0, 0.05) is 0 Å². The van der Waals surface area contributed by atoms with E-state index in [-0.39, 0.29) is 83.1 Å². The summed E-state index contributed by atoms with van der Waals surface area (Å²) in [6.07, 6.45) is 0. The minimum absolute atomic E-state index is 0. The molecule has 2 heterocycles. The predicted octanol–water partition coefficient (Wildman–Crippen LogP) is -0.326. The Kier molecular flexibility index (Phi) is 12.5. The van der Waals surface area contributed by atoms with E-state index in [1.165, 1.54) is 0 Å². The van der Waals surface area contributed by atoms with Gasteiger partial charge in [-0.05, 0) is 47.5 Å². The standard InChI is InChI=1S/C26H22Cl2N2O4.2HI.Mg/c1-31-17-7-3-15(4-8-17)23-13-33-25(29-23)19-11-21(27)22(28)12-20(19)26-30-24(14-34-26)16-5-9-18(32-2)10-6-16;;;/h3-12,23-24H,13-14H2,1-2H3;2*1H;/q;;;+2/p-2/t23-,24-;;;/m0.../s1. The third-order valence-corrected chi connectivity index (χ3v) is 6.55. The molecule has 0 aliphatic carbocycles. The van der Waals surface area contributed by atoms with Gasteiger partial charge >= 0.3 is 23.1 Å². The van der Waals surface area contributed by atoms with Gasteiger partial charge in [-0.15, -0.1) is 0 Å². The number of ether oxygens (including phenoxy) is 4. The molecule has 2 aliphatic rings. The number of rotatable bonds is 6. The third-order valence-electron chi connectivity index (χ3n) is 5.82. The van der Waals surface area contributed by atoms with Gasteiger partial charge in [0.15, 0.2) is 0 Å². The van der Waals surface area contributed by atoms with Crippen LogP contribution in [-0.4, -0.2) is 62.3 Å². The maximum Gasteiger partial charge on any atom is 2.00 e. The molecule has 0 N–H and O–H groups in total. The molecule has 0 radical (unpaired) electrons. The molecule has 2 aliphatic heterocycles. The first-order valence-corrected chi connectivity index (χ1v) is 11.5. The van der Waals surface area contributed by atoms with Crippen molar-refractivity contribution in [2.45, 2.75) is 12.1 Å². The molecule has 5 rings (SSSR count). The van der Waals surface area contributed by atoms with E-state index in [0.717, 1.165) is 22.6 Å². The van der Waals surface area contributed by atoms with E-state index in [4.69, 9.17) is 52.1 Å². The van der Waals surface area contributed by atoms with Crippen molar-refractivity contribution in [2.24, 2.45) is 9.98 Å². The number of halogens is 4. The fourth-order valence-electron chi connectivity index (χ4n) is 3.94. The Morgan fingerprint density at radius 3 is 1.35 bits per heavy atom. The van der Waals surface area contributed by atoms with Crippen LogP contribution >= 0.6 is 23.2 Å². The van der Waals surface area contributed by atoms with E-state index in [2.05, 4.69) is 0 Å². The summed E-state index contributed by atoms with van der Waals surface area (Å²) in [5.74, 6) is 2.55. The Labute approximate surface area is 276 Å². The molecule has 0 aromatic heterocycles. The van der Waals surface area contributed by atoms with Crippen LogP contribution in [0.4, 0.5) is 0 Å². The zero-order valence-corrected chi connectivity index (χ0v) is 27.3. The summed E-state index contributed by atoms with van der Waals surface area (Å²) in [6.45, 7) is 0.840. The third kappa shape index (κ3) is 7.16. The van der Waals surface area contributed by atoms with Gasteiger partial charge in [0.05, 0.1) is 35.4 Å². The summed E-state index contributed by atoms with van der Waals surface area (Å²) in [6, 6.07) is 18.8. The largest absolute Gasteiger partial charge is 2.00 e. The molecule has 2 atom stereocenters. The zero-order chi connectivity index (χ0) is 23.7. The van der Waals surface area contributed by atoms with Crippen molar-refractivity contribution in [3.05, 3.63) is 93.0 Å². The smallest absolute Gasteiger partial charge is 1.00 e. The SMILES string of the molecule is COc1ccc([C@@H]2COC(c3cc(Cl)c(Cl)cc3C3=N[C@H](c4ccc(OC)cc4)CO3)=N2)cc1.[I-].[I-].[Mg+2]. The van der Waals surface area contributed by atoms with Gasteiger partial charge < -0.3 is 66.9 Å². The first-order chi connectivity index (χ1) is 16.6. The molecule has 190 valence electrons. The molecule has 3 aromatic carbocycles. The van der Waals surface area contributed by atoms with Crippen LogP contribution in [-0.2, 0) is 9.47 Å². The number of hydrogen-bond donors (Lipinski definition) is 0. The topological polar surface area (TPSA) is 61.6 Å². The summed E-state index contributed by atoms with van der Waals surface area (Å²) < 4.78 is 22.5. The van der Waals surface area contributed by atoms with Crippen LogP contribution in [0.25, 0.3) is 0 Å². The summed E-state index contributed by atoms with van der Waals surface area (Å²) in [4.78, 5) is 9.62. The molecule has 0 saturated carbocycles. The van der Waals surface area contributed by atoms with Crippen LogP contribution in [0, 0.1) is 0 Å². The summed E-state index contributed by atoms with van der Waals surface area (Å²) >= 11 is 12.7. The molecule has 37 heavy (non-hydrogen) atoms. The molecular formula is C26H22Cl2I2MgN2O4. The number of methoxy groups -OCH3 is 2. The van der Waals surface area contributed by atoms with E-state index in [1.807, 2.05) is 48.5 Å². The van der Waals surface area contributed by atoms with Crippen molar-refractivity contribution in [2.75, 3.05) is 27.4 Å². The van der Waals surface area contributed by atoms with Gasteiger partial charge in [0.1, 0.15) is 36.8 Å². The summed E-state index contributed by atoms with van der Waals surface area (Å²) in [5.41, 5.74) is 3.46. The van der Waals surface area contributed by atoms with Crippen molar-refractivity contribution in [1.29, 1.82) is 0 Å². The maximum absolute atomic E-state index is 6.36. The van der Waals surface area contributed by atoms with E-state index in [9.17, 15) is 0 Å². The second kappa shape index (κ2) is 14.4. The number of benzene rings is 3. The Morgan fingerprint density at radius 2 is 1.03 bits per heavy atom. The van der Waals surface area contributed by atoms with Crippen molar-refractivity contribution < 1.29 is 66.9 Å². The van der Waals surface area contributed by atoms with Crippen molar-refractivity contribution >= 4 is 58.1 Å². The monoisotopic (exact) mass is 774 g/mol. The summed E-state index contributed by atoms with van der Waals surface area (Å²) in [5, 5.41) is 0.815. The molecule has 0 amide bonds. The predicted molar refractivity (Wildman–Crippen MR) is 139 cm³/mol. The molecule has 11 heteroatoms. The fourth-order valence-corrected chi connectivity index (χ4v) is 4.26. The fraction of sp³-hybridized carbons (Fsp3) is 0.231. The quantitative estimate of drug-likeness (QED) is 0.255. The van der Waals surface area contributed by atoms with Gasteiger partial charge in [0.2, 0.25) is 11.8 Å². The number of nitrogens with zero attached hydrogens (tertiary/aromatic N) is 2. The Bertz CT molecular complexity index is 1180. The second-order valence-corrected chi connectivity index (χ2v) is 8.69. The van der Waals surface area contributed by atoms with Crippen LogP contribution < -0.4 is 57.4 Å². The average Bonchev–Trinajstić information content (AvgIpc) is 3.56. The van der Waals surface area contributed by atoms with Crippen molar-refractivity contribution in [3.8, 4) is 11.5 Å². The minimum Gasteiger partial charge on any atom is -1.00 e. The van der Waals surface area contributed by atoms with E-state index in [0.29, 0.717) is 46.2 Å². The van der Waals surface area contributed by atoms with Gasteiger partial charge in [-0.25, -0.2) is 9.98 Å². The molecular weight excluding hydrogens is 753 g/mol. The Balaban J connectivity index is 0.00000160. The minimum atomic E-state index is -0.137. The van der Waals surface area contributed by atoms with Crippen molar-refractivity contribution in [1.82, 2.24) is 0 Å². The van der Waals surface area contributed by atoms with Crippen LogP contribution in [0.15, 0.2) is 70.6 Å². The van der Waals surface area contributed by atoms with Crippen LogP contribution in [0.1, 0.15) is 34.3 Å². The average molecular weight is 775 g/mol. The molecule has 0 saturated heterocycles. The van der Waals surface area contributed by atoms with Crippen LogP contribution in [0.5, 0.6) is 11.5 Å². The van der Waals surface area contributed by atoms with Gasteiger partial charge in [0.25, 0.3) is 0 Å². The van der Waals surface area contributed by atoms with Gasteiger partial charge in [-0.2, -0.15) is 0 Å². The number of hydrogen-bond acceptors (Lipinski definition) is 6. The molecule has 0 fully saturated rings. The van der Waals surface area contributed by atoms with E-state index < -0.39 is 0 Å². The molecule has 0 spiro atoms. The Morgan fingerprint density at radius 1 is 0.676 bits per heavy atom. The number of aliphatic imine (C=N–C) groups is 2. The first kappa shape index (κ1) is 32.2. The molecule has 3 aromatic rings.